The van der Waals surface area contributed by atoms with E-state index >= 15 is 0 Å². The predicted molar refractivity (Wildman–Crippen MR) is 113 cm³/mol. The van der Waals surface area contributed by atoms with Crippen molar-refractivity contribution in [2.75, 3.05) is 0 Å². The van der Waals surface area contributed by atoms with Gasteiger partial charge in [0.25, 0.3) is 0 Å². The van der Waals surface area contributed by atoms with Gasteiger partial charge in [-0.1, -0.05) is 72.8 Å². The molecule has 0 aromatic heterocycles. The molecular weight excluding hydrogens is 374 g/mol. The standard InChI is InChI=1S/C23H23NO3.ClH/c24-23(22(25)26,15-18-7-3-1-4-8-18)16-19-11-13-21(14-12-19)27-17-20-9-5-2-6-10-20;/h1-14H,15-17,24H2,(H,25,26);1H/t23-;/m0./s1. The van der Waals surface area contributed by atoms with E-state index in [0.717, 1.165) is 22.4 Å². The van der Waals surface area contributed by atoms with Crippen LogP contribution in [-0.2, 0) is 24.2 Å². The van der Waals surface area contributed by atoms with Gasteiger partial charge in [-0.15, -0.1) is 12.4 Å². The minimum atomic E-state index is -1.35. The number of hydrogen-bond donors (Lipinski definition) is 2. The van der Waals surface area contributed by atoms with Crippen molar-refractivity contribution in [1.29, 1.82) is 0 Å². The molecule has 0 radical (unpaired) electrons. The Morgan fingerprint density at radius 2 is 1.25 bits per heavy atom. The van der Waals surface area contributed by atoms with Crippen molar-refractivity contribution in [3.63, 3.8) is 0 Å². The average Bonchev–Trinajstić information content (AvgIpc) is 2.69. The van der Waals surface area contributed by atoms with E-state index in [-0.39, 0.29) is 25.2 Å². The molecule has 0 aliphatic carbocycles. The lowest BCUT2D eigenvalue weighted by molar-refractivity contribution is -0.143. The molecule has 3 rings (SSSR count). The quantitative estimate of drug-likeness (QED) is 0.595. The Labute approximate surface area is 171 Å². The lowest BCUT2D eigenvalue weighted by Crippen LogP contribution is -2.51. The Hall–Kier alpha value is -2.82. The Bertz CT molecular complexity index is 869. The summed E-state index contributed by atoms with van der Waals surface area (Å²) in [6.07, 6.45) is 0.519. The summed E-state index contributed by atoms with van der Waals surface area (Å²) < 4.78 is 5.77. The van der Waals surface area contributed by atoms with Crippen LogP contribution >= 0.6 is 12.4 Å². The van der Waals surface area contributed by atoms with Crippen molar-refractivity contribution in [3.8, 4) is 5.75 Å². The average molecular weight is 398 g/mol. The highest BCUT2D eigenvalue weighted by Crippen LogP contribution is 2.20. The molecule has 146 valence electrons. The maximum Gasteiger partial charge on any atom is 0.324 e. The highest BCUT2D eigenvalue weighted by atomic mass is 35.5. The number of nitrogens with two attached hydrogens (primary N) is 1. The van der Waals surface area contributed by atoms with Gasteiger partial charge in [-0.05, 0) is 28.8 Å². The summed E-state index contributed by atoms with van der Waals surface area (Å²) in [6, 6.07) is 26.8. The molecule has 0 spiro atoms. The van der Waals surface area contributed by atoms with E-state index in [1.54, 1.807) is 0 Å². The summed E-state index contributed by atoms with van der Waals surface area (Å²) >= 11 is 0. The normalized spacial score (nSPS) is 12.5. The van der Waals surface area contributed by atoms with E-state index in [2.05, 4.69) is 0 Å². The molecule has 0 bridgehead atoms. The second kappa shape index (κ2) is 9.93. The van der Waals surface area contributed by atoms with Gasteiger partial charge in [-0.3, -0.25) is 4.79 Å². The first-order chi connectivity index (χ1) is 13.0. The Kier molecular flexibility index (Phi) is 7.61. The maximum absolute atomic E-state index is 11.8. The molecule has 0 saturated heterocycles. The minimum absolute atomic E-state index is 0. The number of halogens is 1. The second-order valence-electron chi connectivity index (χ2n) is 6.72. The summed E-state index contributed by atoms with van der Waals surface area (Å²) in [6.45, 7) is 0.490. The van der Waals surface area contributed by atoms with Gasteiger partial charge < -0.3 is 15.6 Å². The van der Waals surface area contributed by atoms with Crippen molar-refractivity contribution in [2.45, 2.75) is 25.0 Å². The number of aliphatic carboxylic acids is 1. The molecule has 0 fully saturated rings. The van der Waals surface area contributed by atoms with Gasteiger partial charge in [-0.25, -0.2) is 0 Å². The first kappa shape index (κ1) is 21.5. The van der Waals surface area contributed by atoms with Crippen LogP contribution in [0.15, 0.2) is 84.9 Å². The van der Waals surface area contributed by atoms with Crippen molar-refractivity contribution in [3.05, 3.63) is 102 Å². The highest BCUT2D eigenvalue weighted by molar-refractivity contribution is 5.85. The van der Waals surface area contributed by atoms with E-state index in [9.17, 15) is 9.90 Å². The molecule has 0 aliphatic rings. The summed E-state index contributed by atoms with van der Waals surface area (Å²) in [5.41, 5.74) is 7.76. The van der Waals surface area contributed by atoms with Gasteiger partial charge in [-0.2, -0.15) is 0 Å². The fourth-order valence-corrected chi connectivity index (χ4v) is 2.98. The van der Waals surface area contributed by atoms with Gasteiger partial charge in [0.15, 0.2) is 0 Å². The predicted octanol–water partition coefficient (Wildman–Crippen LogP) is 4.25. The van der Waals surface area contributed by atoms with Crippen molar-refractivity contribution in [2.24, 2.45) is 5.73 Å². The first-order valence-corrected chi connectivity index (χ1v) is 8.87. The molecule has 3 aromatic carbocycles. The van der Waals surface area contributed by atoms with Gasteiger partial charge in [0, 0.05) is 12.8 Å². The van der Waals surface area contributed by atoms with Crippen LogP contribution in [0.4, 0.5) is 0 Å². The van der Waals surface area contributed by atoms with Crippen LogP contribution in [-0.4, -0.2) is 16.6 Å². The van der Waals surface area contributed by atoms with Crippen LogP contribution < -0.4 is 10.5 Å². The van der Waals surface area contributed by atoms with Crippen LogP contribution in [0.1, 0.15) is 16.7 Å². The molecular formula is C23H24ClNO3. The first-order valence-electron chi connectivity index (χ1n) is 8.87. The van der Waals surface area contributed by atoms with Gasteiger partial charge in [0.05, 0.1) is 0 Å². The maximum atomic E-state index is 11.8. The molecule has 28 heavy (non-hydrogen) atoms. The smallest absolute Gasteiger partial charge is 0.324 e. The van der Waals surface area contributed by atoms with Crippen molar-refractivity contribution >= 4 is 18.4 Å². The van der Waals surface area contributed by atoms with Crippen molar-refractivity contribution in [1.82, 2.24) is 0 Å². The van der Waals surface area contributed by atoms with Crippen LogP contribution in [0.3, 0.4) is 0 Å². The van der Waals surface area contributed by atoms with Crippen LogP contribution in [0.5, 0.6) is 5.75 Å². The fourth-order valence-electron chi connectivity index (χ4n) is 2.98. The zero-order chi connectivity index (χ0) is 19.1. The van der Waals surface area contributed by atoms with E-state index in [4.69, 9.17) is 10.5 Å². The molecule has 4 nitrogen and oxygen atoms in total. The van der Waals surface area contributed by atoms with E-state index in [0.29, 0.717) is 6.61 Å². The third-order valence-electron chi connectivity index (χ3n) is 4.48. The highest BCUT2D eigenvalue weighted by Gasteiger charge is 2.34. The lowest BCUT2D eigenvalue weighted by Gasteiger charge is -2.25. The molecule has 0 unspecified atom stereocenters. The van der Waals surface area contributed by atoms with E-state index in [1.165, 1.54) is 0 Å². The third kappa shape index (κ3) is 5.84. The van der Waals surface area contributed by atoms with Gasteiger partial charge in [0.1, 0.15) is 17.9 Å². The zero-order valence-corrected chi connectivity index (χ0v) is 16.3. The summed E-state index contributed by atoms with van der Waals surface area (Å²) in [5.74, 6) is -0.264. The number of benzene rings is 3. The molecule has 5 heteroatoms. The topological polar surface area (TPSA) is 72.5 Å². The zero-order valence-electron chi connectivity index (χ0n) is 15.5. The van der Waals surface area contributed by atoms with Crippen LogP contribution in [0.25, 0.3) is 0 Å². The summed E-state index contributed by atoms with van der Waals surface area (Å²) in [7, 11) is 0. The van der Waals surface area contributed by atoms with Gasteiger partial charge in [0.2, 0.25) is 0 Å². The molecule has 1 atom stereocenters. The third-order valence-corrected chi connectivity index (χ3v) is 4.48. The fraction of sp³-hybridized carbons (Fsp3) is 0.174. The SMILES string of the molecule is Cl.N[C@@](Cc1ccccc1)(Cc1ccc(OCc2ccccc2)cc1)C(=O)O. The summed E-state index contributed by atoms with van der Waals surface area (Å²) in [5, 5.41) is 9.67. The van der Waals surface area contributed by atoms with Gasteiger partial charge >= 0.3 is 5.97 Å². The molecule has 0 amide bonds. The van der Waals surface area contributed by atoms with Crippen LogP contribution in [0, 0.1) is 0 Å². The largest absolute Gasteiger partial charge is 0.489 e. The Balaban J connectivity index is 0.00000280. The van der Waals surface area contributed by atoms with E-state index in [1.807, 2.05) is 84.9 Å². The number of rotatable bonds is 8. The molecule has 0 heterocycles. The second-order valence-corrected chi connectivity index (χ2v) is 6.72. The number of carbonyl (C=O) groups is 1. The van der Waals surface area contributed by atoms with E-state index < -0.39 is 11.5 Å². The number of hydrogen-bond acceptors (Lipinski definition) is 3. The van der Waals surface area contributed by atoms with Crippen molar-refractivity contribution < 1.29 is 14.6 Å². The minimum Gasteiger partial charge on any atom is -0.489 e. The monoisotopic (exact) mass is 397 g/mol. The lowest BCUT2D eigenvalue weighted by atomic mass is 9.85. The molecule has 3 N–H and O–H groups in total. The Morgan fingerprint density at radius 3 is 1.75 bits per heavy atom. The summed E-state index contributed by atoms with van der Waals surface area (Å²) in [4.78, 5) is 11.8. The Morgan fingerprint density at radius 1 is 0.786 bits per heavy atom. The molecule has 3 aromatic rings. The van der Waals surface area contributed by atoms with Crippen LogP contribution in [0.2, 0.25) is 0 Å². The number of carboxylic acids is 1. The number of ether oxygens (including phenoxy) is 1. The molecule has 0 saturated carbocycles. The number of carboxylic acid groups (broad SMARTS) is 1. The molecule has 0 aliphatic heterocycles.